The van der Waals surface area contributed by atoms with E-state index in [1.54, 1.807) is 19.3 Å². The van der Waals surface area contributed by atoms with Gasteiger partial charge in [-0.25, -0.2) is 0 Å². The van der Waals surface area contributed by atoms with E-state index in [1.807, 2.05) is 36.1 Å². The second-order valence-corrected chi connectivity index (χ2v) is 5.09. The summed E-state index contributed by atoms with van der Waals surface area (Å²) >= 11 is 0. The highest BCUT2D eigenvalue weighted by Gasteiger charge is 2.20. The third-order valence-electron chi connectivity index (χ3n) is 3.69. The fourth-order valence-electron chi connectivity index (χ4n) is 2.48. The Labute approximate surface area is 126 Å². The molecule has 1 atom stereocenters. The molecule has 1 saturated heterocycles. The Morgan fingerprint density at radius 2 is 2.29 bits per heavy atom. The molecule has 1 amide bonds. The number of amides is 1. The van der Waals surface area contributed by atoms with E-state index in [0.29, 0.717) is 13.1 Å². The largest absolute Gasteiger partial charge is 0.496 e. The Balaban J connectivity index is 1.99. The second-order valence-electron chi connectivity index (χ2n) is 5.09. The Morgan fingerprint density at radius 3 is 2.95 bits per heavy atom. The summed E-state index contributed by atoms with van der Waals surface area (Å²) in [7, 11) is 1.63. The molecular formula is C17H23NO3. The van der Waals surface area contributed by atoms with Gasteiger partial charge in [0.25, 0.3) is 0 Å². The van der Waals surface area contributed by atoms with Gasteiger partial charge in [0, 0.05) is 31.3 Å². The molecule has 0 aliphatic carbocycles. The normalized spacial score (nSPS) is 18.1. The van der Waals surface area contributed by atoms with Gasteiger partial charge in [-0.3, -0.25) is 4.79 Å². The number of rotatable bonds is 6. The SMILES string of the molecule is CCN(CC1CCCO1)C(=O)/C=C/c1ccccc1OC. The van der Waals surface area contributed by atoms with Crippen molar-refractivity contribution in [1.82, 2.24) is 4.90 Å². The van der Waals surface area contributed by atoms with Gasteiger partial charge in [0.1, 0.15) is 5.75 Å². The summed E-state index contributed by atoms with van der Waals surface area (Å²) in [6.07, 6.45) is 5.73. The summed E-state index contributed by atoms with van der Waals surface area (Å²) in [6.45, 7) is 4.16. The molecule has 4 heteroatoms. The number of benzene rings is 1. The molecule has 1 unspecified atom stereocenters. The molecule has 2 rings (SSSR count). The van der Waals surface area contributed by atoms with Gasteiger partial charge in [0.15, 0.2) is 0 Å². The van der Waals surface area contributed by atoms with Crippen molar-refractivity contribution < 1.29 is 14.3 Å². The summed E-state index contributed by atoms with van der Waals surface area (Å²) in [5.74, 6) is 0.780. The first-order valence-corrected chi connectivity index (χ1v) is 7.46. The molecule has 114 valence electrons. The zero-order chi connectivity index (χ0) is 15.1. The van der Waals surface area contributed by atoms with Crippen LogP contribution in [-0.4, -0.2) is 43.7 Å². The van der Waals surface area contributed by atoms with E-state index in [-0.39, 0.29) is 12.0 Å². The third-order valence-corrected chi connectivity index (χ3v) is 3.69. The van der Waals surface area contributed by atoms with Gasteiger partial charge in [-0.1, -0.05) is 18.2 Å². The smallest absolute Gasteiger partial charge is 0.246 e. The number of para-hydroxylation sites is 1. The number of hydrogen-bond donors (Lipinski definition) is 0. The molecule has 21 heavy (non-hydrogen) atoms. The van der Waals surface area contributed by atoms with Crippen LogP contribution < -0.4 is 4.74 Å². The molecule has 1 aromatic carbocycles. The van der Waals surface area contributed by atoms with Gasteiger partial charge in [-0.05, 0) is 31.9 Å². The average molecular weight is 289 g/mol. The average Bonchev–Trinajstić information content (AvgIpc) is 3.03. The summed E-state index contributed by atoms with van der Waals surface area (Å²) in [4.78, 5) is 14.1. The molecule has 4 nitrogen and oxygen atoms in total. The zero-order valence-electron chi connectivity index (χ0n) is 12.7. The Kier molecular flexibility index (Phi) is 5.81. The molecule has 0 radical (unpaired) electrons. The van der Waals surface area contributed by atoms with Crippen LogP contribution in [0.4, 0.5) is 0 Å². The van der Waals surface area contributed by atoms with Crippen molar-refractivity contribution in [1.29, 1.82) is 0 Å². The second kappa shape index (κ2) is 7.84. The predicted octanol–water partition coefficient (Wildman–Crippen LogP) is 2.74. The van der Waals surface area contributed by atoms with E-state index in [4.69, 9.17) is 9.47 Å². The maximum Gasteiger partial charge on any atom is 0.246 e. The lowest BCUT2D eigenvalue weighted by atomic mass is 10.2. The predicted molar refractivity (Wildman–Crippen MR) is 83.3 cm³/mol. The highest BCUT2D eigenvalue weighted by Crippen LogP contribution is 2.19. The number of nitrogens with zero attached hydrogens (tertiary/aromatic N) is 1. The summed E-state index contributed by atoms with van der Waals surface area (Å²) in [5, 5.41) is 0. The van der Waals surface area contributed by atoms with Crippen molar-refractivity contribution in [3.63, 3.8) is 0 Å². The van der Waals surface area contributed by atoms with Crippen molar-refractivity contribution in [3.8, 4) is 5.75 Å². The highest BCUT2D eigenvalue weighted by atomic mass is 16.5. The molecular weight excluding hydrogens is 266 g/mol. The van der Waals surface area contributed by atoms with Crippen LogP contribution in [0.1, 0.15) is 25.3 Å². The summed E-state index contributed by atoms with van der Waals surface area (Å²) in [5.41, 5.74) is 0.904. The maximum absolute atomic E-state index is 12.3. The minimum absolute atomic E-state index is 0.0129. The van der Waals surface area contributed by atoms with Crippen molar-refractivity contribution in [2.45, 2.75) is 25.9 Å². The van der Waals surface area contributed by atoms with Gasteiger partial charge >= 0.3 is 0 Å². The van der Waals surface area contributed by atoms with Crippen LogP contribution >= 0.6 is 0 Å². The van der Waals surface area contributed by atoms with Crippen molar-refractivity contribution in [3.05, 3.63) is 35.9 Å². The Morgan fingerprint density at radius 1 is 1.48 bits per heavy atom. The molecule has 0 saturated carbocycles. The fraction of sp³-hybridized carbons (Fsp3) is 0.471. The van der Waals surface area contributed by atoms with Crippen LogP contribution in [0.25, 0.3) is 6.08 Å². The molecule has 0 aromatic heterocycles. The first-order valence-electron chi connectivity index (χ1n) is 7.46. The molecule has 0 spiro atoms. The van der Waals surface area contributed by atoms with Crippen LogP contribution in [0.15, 0.2) is 30.3 Å². The lowest BCUT2D eigenvalue weighted by Crippen LogP contribution is -2.36. The molecule has 1 fully saturated rings. The van der Waals surface area contributed by atoms with Gasteiger partial charge < -0.3 is 14.4 Å². The van der Waals surface area contributed by atoms with Gasteiger partial charge in [0.05, 0.1) is 13.2 Å². The molecule has 0 N–H and O–H groups in total. The third kappa shape index (κ3) is 4.33. The minimum Gasteiger partial charge on any atom is -0.496 e. The van der Waals surface area contributed by atoms with Gasteiger partial charge in [-0.2, -0.15) is 0 Å². The lowest BCUT2D eigenvalue weighted by molar-refractivity contribution is -0.127. The van der Waals surface area contributed by atoms with Crippen molar-refractivity contribution >= 4 is 12.0 Å². The molecule has 0 bridgehead atoms. The van der Waals surface area contributed by atoms with Crippen LogP contribution in [0, 0.1) is 0 Å². The Hall–Kier alpha value is -1.81. The van der Waals surface area contributed by atoms with Gasteiger partial charge in [0.2, 0.25) is 5.91 Å². The van der Waals surface area contributed by atoms with Gasteiger partial charge in [-0.15, -0.1) is 0 Å². The van der Waals surface area contributed by atoms with E-state index in [0.717, 1.165) is 30.8 Å². The summed E-state index contributed by atoms with van der Waals surface area (Å²) < 4.78 is 10.9. The standard InChI is InChI=1S/C17H23NO3/c1-3-18(13-15-8-6-12-21-15)17(19)11-10-14-7-4-5-9-16(14)20-2/h4-5,7,9-11,15H,3,6,8,12-13H2,1-2H3/b11-10+. The van der Waals surface area contributed by atoms with E-state index in [2.05, 4.69) is 0 Å². The Bertz CT molecular complexity index is 493. The quantitative estimate of drug-likeness (QED) is 0.756. The number of hydrogen-bond acceptors (Lipinski definition) is 3. The molecule has 1 aliphatic rings. The van der Waals surface area contributed by atoms with E-state index in [1.165, 1.54) is 0 Å². The maximum atomic E-state index is 12.3. The molecule has 1 aliphatic heterocycles. The summed E-state index contributed by atoms with van der Waals surface area (Å²) in [6, 6.07) is 7.65. The minimum atomic E-state index is 0.0129. The number of ether oxygens (including phenoxy) is 2. The van der Waals surface area contributed by atoms with Crippen LogP contribution in [0.3, 0.4) is 0 Å². The molecule has 1 aromatic rings. The van der Waals surface area contributed by atoms with Crippen LogP contribution in [0.2, 0.25) is 0 Å². The monoisotopic (exact) mass is 289 g/mol. The first kappa shape index (κ1) is 15.6. The number of carbonyl (C=O) groups excluding carboxylic acids is 1. The van der Waals surface area contributed by atoms with E-state index >= 15 is 0 Å². The number of methoxy groups -OCH3 is 1. The molecule has 1 heterocycles. The lowest BCUT2D eigenvalue weighted by Gasteiger charge is -2.22. The zero-order valence-corrected chi connectivity index (χ0v) is 12.7. The van der Waals surface area contributed by atoms with E-state index in [9.17, 15) is 4.79 Å². The highest BCUT2D eigenvalue weighted by molar-refractivity contribution is 5.92. The van der Waals surface area contributed by atoms with Crippen LogP contribution in [0.5, 0.6) is 5.75 Å². The topological polar surface area (TPSA) is 38.8 Å². The van der Waals surface area contributed by atoms with E-state index < -0.39 is 0 Å². The van der Waals surface area contributed by atoms with Crippen molar-refractivity contribution in [2.24, 2.45) is 0 Å². The number of carbonyl (C=O) groups is 1. The first-order chi connectivity index (χ1) is 10.2. The van der Waals surface area contributed by atoms with Crippen molar-refractivity contribution in [2.75, 3.05) is 26.8 Å². The fourth-order valence-corrected chi connectivity index (χ4v) is 2.48. The van der Waals surface area contributed by atoms with Crippen LogP contribution in [-0.2, 0) is 9.53 Å². The number of likely N-dealkylation sites (N-methyl/N-ethyl adjacent to an activating group) is 1.